The first kappa shape index (κ1) is 10.1. The first-order valence-electron chi connectivity index (χ1n) is 6.64. The molecule has 3 atom stereocenters. The van der Waals surface area contributed by atoms with E-state index < -0.39 is 0 Å². The van der Waals surface area contributed by atoms with Crippen molar-refractivity contribution in [2.45, 2.75) is 39.2 Å². The SMILES string of the molecule is CC1(C)C2CCC(N3CCNCC3)C1C2. The van der Waals surface area contributed by atoms with Crippen LogP contribution in [0.3, 0.4) is 0 Å². The van der Waals surface area contributed by atoms with Gasteiger partial charge in [-0.25, -0.2) is 0 Å². The standard InChI is InChI=1S/C13H24N2/c1-13(2)10-3-4-12(11(13)9-10)15-7-5-14-6-8-15/h10-12,14H,3-9H2,1-2H3. The molecule has 3 unspecified atom stereocenters. The fourth-order valence-corrected chi connectivity index (χ4v) is 4.22. The maximum absolute atomic E-state index is 3.46. The average molecular weight is 208 g/mol. The molecule has 15 heavy (non-hydrogen) atoms. The normalized spacial score (nSPS) is 44.8. The average Bonchev–Trinajstić information content (AvgIpc) is 2.30. The lowest BCUT2D eigenvalue weighted by Crippen LogP contribution is -2.62. The third-order valence-electron chi connectivity index (χ3n) is 5.44. The molecule has 3 saturated carbocycles. The molecule has 2 bridgehead atoms. The lowest BCUT2D eigenvalue weighted by Gasteiger charge is -2.62. The second-order valence-electron chi connectivity index (χ2n) is 6.29. The smallest absolute Gasteiger partial charge is 0.0130 e. The molecule has 2 nitrogen and oxygen atoms in total. The van der Waals surface area contributed by atoms with Gasteiger partial charge in [-0.1, -0.05) is 13.8 Å². The van der Waals surface area contributed by atoms with Crippen molar-refractivity contribution in [2.24, 2.45) is 17.3 Å². The molecule has 0 spiro atoms. The van der Waals surface area contributed by atoms with E-state index in [-0.39, 0.29) is 0 Å². The lowest BCUT2D eigenvalue weighted by molar-refractivity contribution is -0.121. The summed E-state index contributed by atoms with van der Waals surface area (Å²) in [6, 6.07) is 0.909. The Morgan fingerprint density at radius 3 is 2.47 bits per heavy atom. The van der Waals surface area contributed by atoms with Gasteiger partial charge in [-0.3, -0.25) is 4.90 Å². The molecule has 0 aromatic carbocycles. The Kier molecular flexibility index (Phi) is 2.33. The minimum absolute atomic E-state index is 0.647. The zero-order chi connectivity index (χ0) is 10.5. The van der Waals surface area contributed by atoms with Crippen LogP contribution in [-0.2, 0) is 0 Å². The predicted molar refractivity (Wildman–Crippen MR) is 62.8 cm³/mol. The van der Waals surface area contributed by atoms with Crippen molar-refractivity contribution in [3.05, 3.63) is 0 Å². The number of hydrogen-bond donors (Lipinski definition) is 1. The Bertz CT molecular complexity index is 241. The van der Waals surface area contributed by atoms with Crippen LogP contribution in [-0.4, -0.2) is 37.1 Å². The molecule has 1 heterocycles. The molecule has 1 N–H and O–H groups in total. The van der Waals surface area contributed by atoms with Crippen molar-refractivity contribution in [2.75, 3.05) is 26.2 Å². The van der Waals surface area contributed by atoms with E-state index >= 15 is 0 Å². The molecule has 2 heteroatoms. The van der Waals surface area contributed by atoms with Crippen LogP contribution in [0, 0.1) is 17.3 Å². The Balaban J connectivity index is 1.70. The number of nitrogens with zero attached hydrogens (tertiary/aromatic N) is 1. The summed E-state index contributed by atoms with van der Waals surface area (Å²) in [6.45, 7) is 9.96. The minimum Gasteiger partial charge on any atom is -0.314 e. The number of rotatable bonds is 1. The maximum Gasteiger partial charge on any atom is 0.0130 e. The van der Waals surface area contributed by atoms with Gasteiger partial charge >= 0.3 is 0 Å². The van der Waals surface area contributed by atoms with Crippen LogP contribution in [0.15, 0.2) is 0 Å². The van der Waals surface area contributed by atoms with Crippen molar-refractivity contribution in [3.8, 4) is 0 Å². The van der Waals surface area contributed by atoms with Crippen molar-refractivity contribution >= 4 is 0 Å². The van der Waals surface area contributed by atoms with Gasteiger partial charge in [0.15, 0.2) is 0 Å². The van der Waals surface area contributed by atoms with E-state index in [0.29, 0.717) is 5.41 Å². The fraction of sp³-hybridized carbons (Fsp3) is 1.00. The van der Waals surface area contributed by atoms with Crippen LogP contribution < -0.4 is 5.32 Å². The van der Waals surface area contributed by atoms with Crippen LogP contribution in [0.5, 0.6) is 0 Å². The monoisotopic (exact) mass is 208 g/mol. The fourth-order valence-electron chi connectivity index (χ4n) is 4.22. The van der Waals surface area contributed by atoms with E-state index in [9.17, 15) is 0 Å². The van der Waals surface area contributed by atoms with Crippen LogP contribution >= 0.6 is 0 Å². The number of hydrogen-bond acceptors (Lipinski definition) is 2. The Morgan fingerprint density at radius 1 is 1.13 bits per heavy atom. The first-order chi connectivity index (χ1) is 7.19. The van der Waals surface area contributed by atoms with Gasteiger partial charge in [0, 0.05) is 32.2 Å². The van der Waals surface area contributed by atoms with Crippen LogP contribution in [0.4, 0.5) is 0 Å². The number of piperazine rings is 1. The van der Waals surface area contributed by atoms with E-state index in [1.807, 2.05) is 0 Å². The Labute approximate surface area is 93.4 Å². The molecule has 0 aromatic heterocycles. The quantitative estimate of drug-likeness (QED) is 0.706. The minimum atomic E-state index is 0.647. The van der Waals surface area contributed by atoms with Gasteiger partial charge in [-0.15, -0.1) is 0 Å². The zero-order valence-corrected chi connectivity index (χ0v) is 10.1. The Morgan fingerprint density at radius 2 is 1.87 bits per heavy atom. The summed E-state index contributed by atoms with van der Waals surface area (Å²) in [5.41, 5.74) is 0.647. The summed E-state index contributed by atoms with van der Waals surface area (Å²) in [7, 11) is 0. The van der Waals surface area contributed by atoms with Gasteiger partial charge in [0.25, 0.3) is 0 Å². The van der Waals surface area contributed by atoms with E-state index in [1.165, 1.54) is 45.4 Å². The molecular formula is C13H24N2. The molecular weight excluding hydrogens is 184 g/mol. The molecule has 0 radical (unpaired) electrons. The number of fused-ring (bicyclic) bond motifs is 2. The van der Waals surface area contributed by atoms with Crippen LogP contribution in [0.2, 0.25) is 0 Å². The maximum atomic E-state index is 3.46. The van der Waals surface area contributed by atoms with E-state index in [2.05, 4.69) is 24.1 Å². The Hall–Kier alpha value is -0.0800. The van der Waals surface area contributed by atoms with E-state index in [4.69, 9.17) is 0 Å². The summed E-state index contributed by atoms with van der Waals surface area (Å²) in [5, 5.41) is 3.46. The van der Waals surface area contributed by atoms with Gasteiger partial charge in [0.05, 0.1) is 0 Å². The van der Waals surface area contributed by atoms with Crippen molar-refractivity contribution in [1.82, 2.24) is 10.2 Å². The van der Waals surface area contributed by atoms with Gasteiger partial charge < -0.3 is 5.32 Å². The molecule has 4 aliphatic rings. The van der Waals surface area contributed by atoms with Gasteiger partial charge in [0.2, 0.25) is 0 Å². The van der Waals surface area contributed by atoms with Crippen LogP contribution in [0.25, 0.3) is 0 Å². The third-order valence-corrected chi connectivity index (χ3v) is 5.44. The highest BCUT2D eigenvalue weighted by Crippen LogP contribution is 2.60. The largest absolute Gasteiger partial charge is 0.314 e. The molecule has 0 amide bonds. The zero-order valence-electron chi connectivity index (χ0n) is 10.1. The van der Waals surface area contributed by atoms with Crippen molar-refractivity contribution < 1.29 is 0 Å². The molecule has 3 aliphatic carbocycles. The lowest BCUT2D eigenvalue weighted by atomic mass is 9.47. The summed E-state index contributed by atoms with van der Waals surface area (Å²) >= 11 is 0. The highest BCUT2D eigenvalue weighted by atomic mass is 15.2. The van der Waals surface area contributed by atoms with Gasteiger partial charge in [0.1, 0.15) is 0 Å². The summed E-state index contributed by atoms with van der Waals surface area (Å²) in [4.78, 5) is 2.76. The van der Waals surface area contributed by atoms with Gasteiger partial charge in [-0.05, 0) is 36.5 Å². The second-order valence-corrected chi connectivity index (χ2v) is 6.29. The number of nitrogens with one attached hydrogen (secondary N) is 1. The summed E-state index contributed by atoms with van der Waals surface area (Å²) < 4.78 is 0. The van der Waals surface area contributed by atoms with Gasteiger partial charge in [-0.2, -0.15) is 0 Å². The molecule has 4 rings (SSSR count). The van der Waals surface area contributed by atoms with E-state index in [1.54, 1.807) is 0 Å². The molecule has 0 aromatic rings. The van der Waals surface area contributed by atoms with Crippen molar-refractivity contribution in [3.63, 3.8) is 0 Å². The van der Waals surface area contributed by atoms with E-state index in [0.717, 1.165) is 17.9 Å². The molecule has 1 aliphatic heterocycles. The molecule has 86 valence electrons. The van der Waals surface area contributed by atoms with Crippen LogP contribution in [0.1, 0.15) is 33.1 Å². The summed E-state index contributed by atoms with van der Waals surface area (Å²) in [6.07, 6.45) is 4.47. The topological polar surface area (TPSA) is 15.3 Å². The highest BCUT2D eigenvalue weighted by Gasteiger charge is 2.55. The summed E-state index contributed by atoms with van der Waals surface area (Å²) in [5.74, 6) is 2.04. The third kappa shape index (κ3) is 1.45. The van der Waals surface area contributed by atoms with Crippen molar-refractivity contribution in [1.29, 1.82) is 0 Å². The predicted octanol–water partition coefficient (Wildman–Crippen LogP) is 1.72. The second kappa shape index (κ2) is 3.46. The molecule has 1 saturated heterocycles. The molecule has 4 fully saturated rings. The first-order valence-corrected chi connectivity index (χ1v) is 6.64. The highest BCUT2D eigenvalue weighted by molar-refractivity contribution is 5.06.